The summed E-state index contributed by atoms with van der Waals surface area (Å²) < 4.78 is 19.2. The molecule has 0 aliphatic carbocycles. The number of halogens is 1. The van der Waals surface area contributed by atoms with Gasteiger partial charge in [-0.1, -0.05) is 30.3 Å². The molecule has 0 N–H and O–H groups in total. The molecule has 0 saturated carbocycles. The number of furan rings is 1. The summed E-state index contributed by atoms with van der Waals surface area (Å²) in [6, 6.07) is 18.9. The second kappa shape index (κ2) is 10.2. The number of para-hydroxylation sites is 1. The first kappa shape index (κ1) is 23.1. The van der Waals surface area contributed by atoms with Gasteiger partial charge in [0.1, 0.15) is 11.6 Å². The third kappa shape index (κ3) is 5.63. The average Bonchev–Trinajstić information content (AvgIpc) is 3.28. The Morgan fingerprint density at radius 2 is 1.67 bits per heavy atom. The molecule has 33 heavy (non-hydrogen) atoms. The maximum absolute atomic E-state index is 13.2. The maximum Gasteiger partial charge on any atom is 0.289 e. The number of piperazine rings is 1. The number of anilines is 1. The van der Waals surface area contributed by atoms with E-state index in [1.165, 1.54) is 23.4 Å². The highest BCUT2D eigenvalue weighted by Crippen LogP contribution is 2.22. The van der Waals surface area contributed by atoms with Gasteiger partial charge in [-0.3, -0.25) is 9.69 Å². The Labute approximate surface area is 195 Å². The third-order valence-electron chi connectivity index (χ3n) is 6.28. The highest BCUT2D eigenvalue weighted by molar-refractivity contribution is 5.91. The molecule has 1 aliphatic rings. The van der Waals surface area contributed by atoms with Crippen LogP contribution in [0.25, 0.3) is 0 Å². The first-order valence-corrected chi connectivity index (χ1v) is 11.6. The van der Waals surface area contributed by atoms with E-state index in [2.05, 4.69) is 48.8 Å². The molecule has 174 valence electrons. The zero-order valence-electron chi connectivity index (χ0n) is 19.6. The Hall–Kier alpha value is -3.12. The first-order chi connectivity index (χ1) is 15.9. The van der Waals surface area contributed by atoms with Gasteiger partial charge in [-0.05, 0) is 62.2 Å². The van der Waals surface area contributed by atoms with Crippen LogP contribution in [0.15, 0.2) is 65.1 Å². The van der Waals surface area contributed by atoms with Crippen LogP contribution >= 0.6 is 0 Å². The van der Waals surface area contributed by atoms with Crippen molar-refractivity contribution in [1.29, 1.82) is 0 Å². The summed E-state index contributed by atoms with van der Waals surface area (Å²) in [6.45, 7) is 10.6. The zero-order chi connectivity index (χ0) is 23.4. The fourth-order valence-electron chi connectivity index (χ4n) is 4.25. The molecular weight excluding hydrogens is 417 g/mol. The van der Waals surface area contributed by atoms with Gasteiger partial charge in [0.15, 0.2) is 5.76 Å². The molecule has 2 aromatic carbocycles. The minimum Gasteiger partial charge on any atom is -0.455 e. The van der Waals surface area contributed by atoms with Gasteiger partial charge in [0.05, 0.1) is 6.54 Å². The molecule has 1 saturated heterocycles. The van der Waals surface area contributed by atoms with Crippen molar-refractivity contribution >= 4 is 11.6 Å². The number of hydrogen-bond acceptors (Lipinski definition) is 4. The largest absolute Gasteiger partial charge is 0.455 e. The van der Waals surface area contributed by atoms with Gasteiger partial charge in [-0.2, -0.15) is 0 Å². The molecule has 5 nitrogen and oxygen atoms in total. The summed E-state index contributed by atoms with van der Waals surface area (Å²) in [7, 11) is 0. The molecule has 1 aliphatic heterocycles. The number of carbonyl (C=O) groups is 1. The van der Waals surface area contributed by atoms with Crippen LogP contribution in [0.4, 0.5) is 10.1 Å². The van der Waals surface area contributed by atoms with Gasteiger partial charge < -0.3 is 14.2 Å². The molecule has 0 bridgehead atoms. The van der Waals surface area contributed by atoms with E-state index in [1.54, 1.807) is 18.2 Å². The van der Waals surface area contributed by atoms with E-state index in [4.69, 9.17) is 4.42 Å². The van der Waals surface area contributed by atoms with E-state index in [9.17, 15) is 9.18 Å². The molecule has 0 spiro atoms. The van der Waals surface area contributed by atoms with E-state index in [-0.39, 0.29) is 17.8 Å². The summed E-state index contributed by atoms with van der Waals surface area (Å²) in [4.78, 5) is 19.5. The van der Waals surface area contributed by atoms with Crippen molar-refractivity contribution in [3.05, 3.63) is 89.1 Å². The molecule has 3 aromatic rings. The molecule has 1 aromatic heterocycles. The lowest BCUT2D eigenvalue weighted by Gasteiger charge is -2.36. The fraction of sp³-hybridized carbons (Fsp3) is 0.370. The van der Waals surface area contributed by atoms with E-state index in [0.29, 0.717) is 31.9 Å². The van der Waals surface area contributed by atoms with E-state index < -0.39 is 0 Å². The summed E-state index contributed by atoms with van der Waals surface area (Å²) in [5, 5.41) is 0. The van der Waals surface area contributed by atoms with Gasteiger partial charge in [-0.25, -0.2) is 4.39 Å². The number of aryl methyl sites for hydroxylation is 1. The van der Waals surface area contributed by atoms with Gasteiger partial charge in [0.25, 0.3) is 5.91 Å². The topological polar surface area (TPSA) is 39.9 Å². The molecule has 0 radical (unpaired) electrons. The lowest BCUT2D eigenvalue weighted by molar-refractivity contribution is 0.0709. The first-order valence-electron chi connectivity index (χ1n) is 11.6. The number of hydrogen-bond donors (Lipinski definition) is 0. The van der Waals surface area contributed by atoms with Gasteiger partial charge in [0.2, 0.25) is 0 Å². The average molecular weight is 450 g/mol. The van der Waals surface area contributed by atoms with Crippen molar-refractivity contribution < 1.29 is 13.6 Å². The maximum atomic E-state index is 13.2. The highest BCUT2D eigenvalue weighted by atomic mass is 19.1. The highest BCUT2D eigenvalue weighted by Gasteiger charge is 2.25. The van der Waals surface area contributed by atoms with Gasteiger partial charge in [-0.15, -0.1) is 0 Å². The second-order valence-corrected chi connectivity index (χ2v) is 8.96. The van der Waals surface area contributed by atoms with Crippen molar-refractivity contribution in [3.63, 3.8) is 0 Å². The van der Waals surface area contributed by atoms with Crippen molar-refractivity contribution in [2.45, 2.75) is 39.9 Å². The predicted octanol–water partition coefficient (Wildman–Crippen LogP) is 5.10. The molecule has 2 heterocycles. The Morgan fingerprint density at radius 1 is 0.970 bits per heavy atom. The van der Waals surface area contributed by atoms with Crippen LogP contribution in [0.5, 0.6) is 0 Å². The Morgan fingerprint density at radius 3 is 2.33 bits per heavy atom. The third-order valence-corrected chi connectivity index (χ3v) is 6.28. The number of rotatable bonds is 7. The fourth-order valence-corrected chi connectivity index (χ4v) is 4.25. The molecule has 1 amide bonds. The summed E-state index contributed by atoms with van der Waals surface area (Å²) >= 11 is 0. The standard InChI is InChI=1S/C27H32FN3O2/c1-20(2)31(18-22-8-10-23(28)11-9-22)19-24-12-13-26(33-24)27(32)30-16-14-29(15-17-30)25-7-5-4-6-21(25)3/h4-13,20H,14-19H2,1-3H3. The predicted molar refractivity (Wildman–Crippen MR) is 129 cm³/mol. The number of benzene rings is 2. The molecule has 4 rings (SSSR count). The van der Waals surface area contributed by atoms with Crippen LogP contribution < -0.4 is 4.90 Å². The van der Waals surface area contributed by atoms with Crippen molar-refractivity contribution in [2.24, 2.45) is 0 Å². The SMILES string of the molecule is Cc1ccccc1N1CCN(C(=O)c2ccc(CN(Cc3ccc(F)cc3)C(C)C)o2)CC1. The normalized spacial score (nSPS) is 14.4. The van der Waals surface area contributed by atoms with E-state index >= 15 is 0 Å². The molecule has 0 atom stereocenters. The van der Waals surface area contributed by atoms with Crippen molar-refractivity contribution in [2.75, 3.05) is 31.1 Å². The van der Waals surface area contributed by atoms with E-state index in [0.717, 1.165) is 24.4 Å². The molecule has 6 heteroatoms. The number of nitrogens with zero attached hydrogens (tertiary/aromatic N) is 3. The summed E-state index contributed by atoms with van der Waals surface area (Å²) in [5.41, 5.74) is 3.53. The monoisotopic (exact) mass is 449 g/mol. The Bertz CT molecular complexity index is 1070. The summed E-state index contributed by atoms with van der Waals surface area (Å²) in [5.74, 6) is 0.858. The molecule has 1 fully saturated rings. The minimum absolute atomic E-state index is 0.0553. The van der Waals surface area contributed by atoms with E-state index in [1.807, 2.05) is 17.0 Å². The smallest absolute Gasteiger partial charge is 0.289 e. The Kier molecular flexibility index (Phi) is 7.14. The lowest BCUT2D eigenvalue weighted by Crippen LogP contribution is -2.48. The van der Waals surface area contributed by atoms with Crippen LogP contribution in [0.2, 0.25) is 0 Å². The van der Waals surface area contributed by atoms with Crippen LogP contribution in [0, 0.1) is 12.7 Å². The summed E-state index contributed by atoms with van der Waals surface area (Å²) in [6.07, 6.45) is 0. The second-order valence-electron chi connectivity index (χ2n) is 8.96. The number of carbonyl (C=O) groups excluding carboxylic acids is 1. The quantitative estimate of drug-likeness (QED) is 0.503. The minimum atomic E-state index is -0.233. The van der Waals surface area contributed by atoms with Gasteiger partial charge in [0, 0.05) is 44.5 Å². The zero-order valence-corrected chi connectivity index (χ0v) is 19.6. The van der Waals surface area contributed by atoms with Crippen LogP contribution in [0.1, 0.15) is 41.3 Å². The lowest BCUT2D eigenvalue weighted by atomic mass is 10.1. The molecular formula is C27H32FN3O2. The Balaban J connectivity index is 1.36. The molecule has 0 unspecified atom stereocenters. The number of amides is 1. The van der Waals surface area contributed by atoms with Gasteiger partial charge >= 0.3 is 0 Å². The van der Waals surface area contributed by atoms with Crippen LogP contribution in [0.3, 0.4) is 0 Å². The van der Waals surface area contributed by atoms with Crippen molar-refractivity contribution in [1.82, 2.24) is 9.80 Å². The van der Waals surface area contributed by atoms with Crippen LogP contribution in [-0.2, 0) is 13.1 Å². The van der Waals surface area contributed by atoms with Crippen LogP contribution in [-0.4, -0.2) is 47.9 Å². The van der Waals surface area contributed by atoms with Crippen molar-refractivity contribution in [3.8, 4) is 0 Å².